The summed E-state index contributed by atoms with van der Waals surface area (Å²) in [5.74, 6) is 5.64. The van der Waals surface area contributed by atoms with E-state index in [4.69, 9.17) is 5.26 Å². The molecule has 0 saturated carbocycles. The summed E-state index contributed by atoms with van der Waals surface area (Å²) in [7, 11) is 0. The number of pyridine rings is 1. The predicted octanol–water partition coefficient (Wildman–Crippen LogP) is 0.831. The average molecular weight is 213 g/mol. The Hall–Kier alpha value is -2.33. The molecule has 1 heterocycles. The Balaban J connectivity index is 2.50. The molecule has 80 valence electrons. The van der Waals surface area contributed by atoms with Crippen LogP contribution >= 0.6 is 0 Å². The first-order chi connectivity index (χ1) is 7.72. The van der Waals surface area contributed by atoms with E-state index >= 15 is 0 Å². The molecule has 1 rings (SSSR count). The molecule has 16 heavy (non-hydrogen) atoms. The van der Waals surface area contributed by atoms with Crippen molar-refractivity contribution in [2.75, 3.05) is 6.54 Å². The highest BCUT2D eigenvalue weighted by Gasteiger charge is 1.91. The van der Waals surface area contributed by atoms with Crippen LogP contribution in [-0.4, -0.2) is 17.4 Å². The van der Waals surface area contributed by atoms with E-state index in [0.29, 0.717) is 24.2 Å². The molecule has 1 amide bonds. The van der Waals surface area contributed by atoms with Gasteiger partial charge in [0.25, 0.3) is 0 Å². The normalized spacial score (nSPS) is 8.50. The topological polar surface area (TPSA) is 65.8 Å². The van der Waals surface area contributed by atoms with E-state index < -0.39 is 0 Å². The third-order valence-electron chi connectivity index (χ3n) is 1.73. The van der Waals surface area contributed by atoms with Crippen molar-refractivity contribution in [3.63, 3.8) is 0 Å². The third kappa shape index (κ3) is 4.26. The summed E-state index contributed by atoms with van der Waals surface area (Å²) >= 11 is 0. The second kappa shape index (κ2) is 6.21. The lowest BCUT2D eigenvalue weighted by Crippen LogP contribution is -2.20. The lowest BCUT2D eigenvalue weighted by Gasteiger charge is -1.94. The molecule has 0 unspecified atom stereocenters. The molecule has 0 aliphatic carbocycles. The van der Waals surface area contributed by atoms with Crippen molar-refractivity contribution in [2.24, 2.45) is 0 Å². The monoisotopic (exact) mass is 213 g/mol. The number of carbonyl (C=O) groups excluding carboxylic acids is 1. The summed E-state index contributed by atoms with van der Waals surface area (Å²) in [6, 6.07) is 5.28. The number of rotatable bonds is 2. The minimum Gasteiger partial charge on any atom is -0.355 e. The van der Waals surface area contributed by atoms with E-state index in [1.807, 2.05) is 6.07 Å². The fourth-order valence-corrected chi connectivity index (χ4v) is 1.02. The van der Waals surface area contributed by atoms with Crippen LogP contribution in [0.4, 0.5) is 0 Å². The van der Waals surface area contributed by atoms with Crippen LogP contribution in [0.3, 0.4) is 0 Å². The lowest BCUT2D eigenvalue weighted by molar-refractivity contribution is -0.118. The van der Waals surface area contributed by atoms with Crippen molar-refractivity contribution < 1.29 is 4.79 Å². The number of amides is 1. The van der Waals surface area contributed by atoms with E-state index in [-0.39, 0.29) is 5.91 Å². The van der Waals surface area contributed by atoms with Crippen molar-refractivity contribution in [1.29, 1.82) is 5.26 Å². The van der Waals surface area contributed by atoms with Gasteiger partial charge in [0.1, 0.15) is 5.69 Å². The minimum atomic E-state index is -0.0635. The molecule has 0 bridgehead atoms. The van der Waals surface area contributed by atoms with Crippen LogP contribution in [-0.2, 0) is 4.79 Å². The van der Waals surface area contributed by atoms with Crippen LogP contribution in [0.15, 0.2) is 18.3 Å². The van der Waals surface area contributed by atoms with Crippen LogP contribution in [0.1, 0.15) is 24.6 Å². The summed E-state index contributed by atoms with van der Waals surface area (Å²) < 4.78 is 0. The quantitative estimate of drug-likeness (QED) is 0.584. The first-order valence-corrected chi connectivity index (χ1v) is 4.82. The molecule has 0 radical (unpaired) electrons. The second-order valence-electron chi connectivity index (χ2n) is 3.08. The number of carbonyl (C=O) groups is 1. The molecule has 0 aliphatic rings. The van der Waals surface area contributed by atoms with Crippen molar-refractivity contribution >= 4 is 5.91 Å². The van der Waals surface area contributed by atoms with Gasteiger partial charge in [-0.05, 0) is 18.1 Å². The van der Waals surface area contributed by atoms with Gasteiger partial charge in [0, 0.05) is 26.1 Å². The number of aromatic nitrogens is 1. The molecule has 0 saturated heterocycles. The van der Waals surface area contributed by atoms with Gasteiger partial charge >= 0.3 is 0 Å². The van der Waals surface area contributed by atoms with Crippen LogP contribution in [0.2, 0.25) is 0 Å². The Morgan fingerprint density at radius 1 is 1.62 bits per heavy atom. The highest BCUT2D eigenvalue weighted by molar-refractivity contribution is 5.72. The van der Waals surface area contributed by atoms with Gasteiger partial charge < -0.3 is 5.32 Å². The molecule has 1 aromatic heterocycles. The average Bonchev–Trinajstić information content (AvgIpc) is 2.28. The molecule has 0 spiro atoms. The summed E-state index contributed by atoms with van der Waals surface area (Å²) in [5.41, 5.74) is 1.11. The van der Waals surface area contributed by atoms with E-state index in [2.05, 4.69) is 22.1 Å². The maximum absolute atomic E-state index is 10.6. The van der Waals surface area contributed by atoms with Crippen LogP contribution in [0.25, 0.3) is 0 Å². The van der Waals surface area contributed by atoms with E-state index in [1.54, 1.807) is 18.3 Å². The molecule has 0 aliphatic heterocycles. The van der Waals surface area contributed by atoms with Crippen molar-refractivity contribution in [3.8, 4) is 17.9 Å². The van der Waals surface area contributed by atoms with Crippen molar-refractivity contribution in [1.82, 2.24) is 10.3 Å². The summed E-state index contributed by atoms with van der Waals surface area (Å²) in [6.45, 7) is 1.99. The van der Waals surface area contributed by atoms with Crippen LogP contribution < -0.4 is 5.32 Å². The first kappa shape index (κ1) is 11.7. The standard InChI is InChI=1S/C12H11N3O/c1-10(16)14-6-3-2-4-12-8-11(9-13)5-7-15-12/h5,7-8H,3,6H2,1H3,(H,14,16). The number of nitrogens with one attached hydrogen (secondary N) is 1. The zero-order chi connectivity index (χ0) is 11.8. The summed E-state index contributed by atoms with van der Waals surface area (Å²) in [5, 5.41) is 11.3. The molecule has 0 fully saturated rings. The number of nitrogens with zero attached hydrogens (tertiary/aromatic N) is 2. The SMILES string of the molecule is CC(=O)NCCC#Cc1cc(C#N)ccn1. The Morgan fingerprint density at radius 3 is 3.12 bits per heavy atom. The molecule has 4 nitrogen and oxygen atoms in total. The van der Waals surface area contributed by atoms with Crippen molar-refractivity contribution in [2.45, 2.75) is 13.3 Å². The summed E-state index contributed by atoms with van der Waals surface area (Å²) in [6.07, 6.45) is 2.12. The lowest BCUT2D eigenvalue weighted by atomic mass is 10.2. The second-order valence-corrected chi connectivity index (χ2v) is 3.08. The number of hydrogen-bond acceptors (Lipinski definition) is 3. The van der Waals surface area contributed by atoms with Crippen LogP contribution in [0, 0.1) is 23.2 Å². The molecular weight excluding hydrogens is 202 g/mol. The van der Waals surface area contributed by atoms with Gasteiger partial charge in [-0.25, -0.2) is 4.98 Å². The van der Waals surface area contributed by atoms with Gasteiger partial charge in [-0.1, -0.05) is 5.92 Å². The predicted molar refractivity (Wildman–Crippen MR) is 59.1 cm³/mol. The Bertz CT molecular complexity index is 477. The molecule has 0 aromatic carbocycles. The molecule has 1 aromatic rings. The molecule has 1 N–H and O–H groups in total. The number of nitriles is 1. The largest absolute Gasteiger partial charge is 0.355 e. The maximum atomic E-state index is 10.6. The van der Waals surface area contributed by atoms with Gasteiger partial charge in [-0.15, -0.1) is 0 Å². The highest BCUT2D eigenvalue weighted by Crippen LogP contribution is 1.98. The fraction of sp³-hybridized carbons (Fsp3) is 0.250. The van der Waals surface area contributed by atoms with Crippen molar-refractivity contribution in [3.05, 3.63) is 29.6 Å². The van der Waals surface area contributed by atoms with Gasteiger partial charge in [0.05, 0.1) is 11.6 Å². The maximum Gasteiger partial charge on any atom is 0.216 e. The van der Waals surface area contributed by atoms with E-state index in [9.17, 15) is 4.79 Å². The summed E-state index contributed by atoms with van der Waals surface area (Å²) in [4.78, 5) is 14.6. The molecule has 0 atom stereocenters. The van der Waals surface area contributed by atoms with Gasteiger partial charge in [-0.3, -0.25) is 4.79 Å². The van der Waals surface area contributed by atoms with Crippen LogP contribution in [0.5, 0.6) is 0 Å². The zero-order valence-corrected chi connectivity index (χ0v) is 8.95. The van der Waals surface area contributed by atoms with Gasteiger partial charge in [-0.2, -0.15) is 5.26 Å². The zero-order valence-electron chi connectivity index (χ0n) is 8.95. The number of hydrogen-bond donors (Lipinski definition) is 1. The molecule has 4 heteroatoms. The fourth-order valence-electron chi connectivity index (χ4n) is 1.02. The van der Waals surface area contributed by atoms with Gasteiger partial charge in [0.15, 0.2) is 0 Å². The third-order valence-corrected chi connectivity index (χ3v) is 1.73. The molecular formula is C12H11N3O. The Morgan fingerprint density at radius 2 is 2.44 bits per heavy atom. The highest BCUT2D eigenvalue weighted by atomic mass is 16.1. The first-order valence-electron chi connectivity index (χ1n) is 4.82. The van der Waals surface area contributed by atoms with E-state index in [0.717, 1.165) is 0 Å². The minimum absolute atomic E-state index is 0.0635. The Kier molecular flexibility index (Phi) is 4.56. The van der Waals surface area contributed by atoms with Gasteiger partial charge in [0.2, 0.25) is 5.91 Å². The Labute approximate surface area is 94.3 Å². The van der Waals surface area contributed by atoms with E-state index in [1.165, 1.54) is 6.92 Å². The smallest absolute Gasteiger partial charge is 0.216 e.